The smallest absolute Gasteiger partial charge is 0.230 e. The lowest BCUT2D eigenvalue weighted by Crippen LogP contribution is -2.26. The lowest BCUT2D eigenvalue weighted by molar-refractivity contribution is 0.277. The molecule has 0 unspecified atom stereocenters. The highest BCUT2D eigenvalue weighted by atomic mass is 32.1. The molecule has 3 aromatic rings. The number of hydrogen-bond donors (Lipinski definition) is 1. The zero-order chi connectivity index (χ0) is 16.0. The quantitative estimate of drug-likeness (QED) is 0.801. The summed E-state index contributed by atoms with van der Waals surface area (Å²) >= 11 is 1.54. The van der Waals surface area contributed by atoms with Gasteiger partial charge in [0.1, 0.15) is 5.82 Å². The Hall–Kier alpha value is -1.92. The number of rotatable bonds is 3. The van der Waals surface area contributed by atoms with Crippen LogP contribution in [0.5, 0.6) is 5.88 Å². The Morgan fingerprint density at radius 1 is 1.22 bits per heavy atom. The van der Waals surface area contributed by atoms with Crippen LogP contribution in [0.1, 0.15) is 40.7 Å². The van der Waals surface area contributed by atoms with Crippen LogP contribution in [0, 0.1) is 13.8 Å². The van der Waals surface area contributed by atoms with Gasteiger partial charge in [0.2, 0.25) is 10.8 Å². The Bertz CT molecular complexity index is 848. The predicted molar refractivity (Wildman–Crippen MR) is 91.1 cm³/mol. The first-order chi connectivity index (χ1) is 11.1. The summed E-state index contributed by atoms with van der Waals surface area (Å²) in [6.45, 7) is 6.07. The highest BCUT2D eigenvalue weighted by Gasteiger charge is 2.30. The standard InChI is InChI=1S/C17H20N4OS/c1-11-6-5-7-13(10-11)14(20-8-3-4-9-20)15-16(22)21-17(23-15)18-12(2)19-21/h5-7,10,14,22H,3-4,8-9H2,1-2H3/t14-/m0/s1. The molecule has 1 aliphatic heterocycles. The Morgan fingerprint density at radius 2 is 2.00 bits per heavy atom. The van der Waals surface area contributed by atoms with Gasteiger partial charge in [-0.3, -0.25) is 4.90 Å². The fourth-order valence-electron chi connectivity index (χ4n) is 3.39. The van der Waals surface area contributed by atoms with Crippen molar-refractivity contribution in [3.8, 4) is 5.88 Å². The fraction of sp³-hybridized carbons (Fsp3) is 0.412. The van der Waals surface area contributed by atoms with Gasteiger partial charge in [-0.05, 0) is 45.3 Å². The molecule has 6 heteroatoms. The fourth-order valence-corrected chi connectivity index (χ4v) is 4.56. The molecule has 120 valence electrons. The lowest BCUT2D eigenvalue weighted by atomic mass is 10.0. The summed E-state index contributed by atoms with van der Waals surface area (Å²) in [6, 6.07) is 8.63. The molecule has 23 heavy (non-hydrogen) atoms. The van der Waals surface area contributed by atoms with Crippen molar-refractivity contribution in [1.82, 2.24) is 19.5 Å². The maximum atomic E-state index is 10.7. The van der Waals surface area contributed by atoms with Gasteiger partial charge in [0.15, 0.2) is 0 Å². The summed E-state index contributed by atoms with van der Waals surface area (Å²) in [4.78, 5) is 8.55. The van der Waals surface area contributed by atoms with Gasteiger partial charge in [-0.15, -0.1) is 5.10 Å². The third-order valence-corrected chi connectivity index (χ3v) is 5.49. The SMILES string of the molecule is Cc1cccc([C@@H](c2sc3nc(C)nn3c2O)N2CCCC2)c1. The van der Waals surface area contributed by atoms with Gasteiger partial charge in [-0.2, -0.15) is 4.52 Å². The molecule has 0 amide bonds. The van der Waals surface area contributed by atoms with Crippen molar-refractivity contribution < 1.29 is 5.11 Å². The van der Waals surface area contributed by atoms with Gasteiger partial charge < -0.3 is 5.11 Å². The predicted octanol–water partition coefficient (Wildman–Crippen LogP) is 3.30. The van der Waals surface area contributed by atoms with Crippen molar-refractivity contribution in [3.05, 3.63) is 46.1 Å². The van der Waals surface area contributed by atoms with E-state index in [0.29, 0.717) is 5.82 Å². The van der Waals surface area contributed by atoms with Crippen molar-refractivity contribution in [2.24, 2.45) is 0 Å². The first-order valence-corrected chi connectivity index (χ1v) is 8.81. The summed E-state index contributed by atoms with van der Waals surface area (Å²) in [5.41, 5.74) is 2.46. The van der Waals surface area contributed by atoms with Crippen LogP contribution in [0.4, 0.5) is 0 Å². The van der Waals surface area contributed by atoms with Crippen molar-refractivity contribution in [2.75, 3.05) is 13.1 Å². The van der Waals surface area contributed by atoms with E-state index in [-0.39, 0.29) is 11.9 Å². The molecule has 1 N–H and O–H groups in total. The Labute approximate surface area is 139 Å². The molecular formula is C17H20N4OS. The number of nitrogens with zero attached hydrogens (tertiary/aromatic N) is 4. The summed E-state index contributed by atoms with van der Waals surface area (Å²) in [7, 11) is 0. The summed E-state index contributed by atoms with van der Waals surface area (Å²) in [5, 5.41) is 15.0. The molecule has 0 aliphatic carbocycles. The molecule has 0 spiro atoms. The molecule has 2 aromatic heterocycles. The Kier molecular flexibility index (Phi) is 3.58. The van der Waals surface area contributed by atoms with Gasteiger partial charge >= 0.3 is 0 Å². The van der Waals surface area contributed by atoms with Crippen LogP contribution in [-0.2, 0) is 0 Å². The number of hydrogen-bond acceptors (Lipinski definition) is 5. The van der Waals surface area contributed by atoms with E-state index in [1.54, 1.807) is 4.52 Å². The van der Waals surface area contributed by atoms with Crippen LogP contribution in [0.2, 0.25) is 0 Å². The molecule has 3 heterocycles. The van der Waals surface area contributed by atoms with Gasteiger partial charge in [0.05, 0.1) is 10.9 Å². The van der Waals surface area contributed by atoms with E-state index in [2.05, 4.69) is 46.2 Å². The molecular weight excluding hydrogens is 308 g/mol. The van der Waals surface area contributed by atoms with Gasteiger partial charge in [-0.25, -0.2) is 4.98 Å². The minimum Gasteiger partial charge on any atom is -0.492 e. The molecule has 4 rings (SSSR count). The molecule has 1 atom stereocenters. The summed E-state index contributed by atoms with van der Waals surface area (Å²) in [5.74, 6) is 0.912. The average molecular weight is 328 g/mol. The van der Waals surface area contributed by atoms with E-state index in [4.69, 9.17) is 0 Å². The van der Waals surface area contributed by atoms with Crippen molar-refractivity contribution in [2.45, 2.75) is 32.7 Å². The lowest BCUT2D eigenvalue weighted by Gasteiger charge is -2.27. The van der Waals surface area contributed by atoms with Crippen LogP contribution in [0.25, 0.3) is 4.96 Å². The molecule has 0 saturated carbocycles. The normalized spacial score (nSPS) is 17.1. The van der Waals surface area contributed by atoms with Gasteiger partial charge in [0.25, 0.3) is 0 Å². The van der Waals surface area contributed by atoms with Gasteiger partial charge in [0, 0.05) is 0 Å². The Balaban J connectivity index is 1.86. The van der Waals surface area contributed by atoms with Crippen LogP contribution in [0.3, 0.4) is 0 Å². The van der Waals surface area contributed by atoms with E-state index in [0.717, 1.165) is 22.9 Å². The average Bonchev–Trinajstić information content (AvgIpc) is 3.21. The number of benzene rings is 1. The minimum atomic E-state index is 0.0752. The van der Waals surface area contributed by atoms with Gasteiger partial charge in [-0.1, -0.05) is 41.2 Å². The molecule has 1 saturated heterocycles. The molecule has 1 aromatic carbocycles. The minimum absolute atomic E-state index is 0.0752. The van der Waals surface area contributed by atoms with E-state index in [1.165, 1.54) is 35.3 Å². The molecule has 5 nitrogen and oxygen atoms in total. The van der Waals surface area contributed by atoms with E-state index in [1.807, 2.05) is 6.92 Å². The highest BCUT2D eigenvalue weighted by Crippen LogP contribution is 2.41. The van der Waals surface area contributed by atoms with E-state index >= 15 is 0 Å². The number of aromatic hydroxyl groups is 1. The number of fused-ring (bicyclic) bond motifs is 1. The van der Waals surface area contributed by atoms with Crippen LogP contribution in [-0.4, -0.2) is 37.7 Å². The number of aromatic nitrogens is 3. The van der Waals surface area contributed by atoms with Crippen molar-refractivity contribution >= 4 is 16.3 Å². The third kappa shape index (κ3) is 2.52. The maximum Gasteiger partial charge on any atom is 0.230 e. The molecule has 0 radical (unpaired) electrons. The first-order valence-electron chi connectivity index (χ1n) is 7.99. The first kappa shape index (κ1) is 14.7. The van der Waals surface area contributed by atoms with Crippen molar-refractivity contribution in [3.63, 3.8) is 0 Å². The topological polar surface area (TPSA) is 53.7 Å². The second kappa shape index (κ2) is 5.62. The molecule has 1 fully saturated rings. The van der Waals surface area contributed by atoms with Crippen LogP contribution < -0.4 is 0 Å². The maximum absolute atomic E-state index is 10.7. The monoisotopic (exact) mass is 328 g/mol. The molecule has 0 bridgehead atoms. The van der Waals surface area contributed by atoms with Crippen LogP contribution in [0.15, 0.2) is 24.3 Å². The second-order valence-electron chi connectivity index (χ2n) is 6.20. The number of thiazole rings is 1. The van der Waals surface area contributed by atoms with E-state index < -0.39 is 0 Å². The number of aryl methyl sites for hydroxylation is 2. The zero-order valence-corrected chi connectivity index (χ0v) is 14.2. The second-order valence-corrected chi connectivity index (χ2v) is 7.21. The largest absolute Gasteiger partial charge is 0.492 e. The zero-order valence-electron chi connectivity index (χ0n) is 13.4. The third-order valence-electron chi connectivity index (χ3n) is 4.42. The van der Waals surface area contributed by atoms with E-state index in [9.17, 15) is 5.11 Å². The Morgan fingerprint density at radius 3 is 2.70 bits per heavy atom. The summed E-state index contributed by atoms with van der Waals surface area (Å²) in [6.07, 6.45) is 2.42. The number of likely N-dealkylation sites (tertiary alicyclic amines) is 1. The molecule has 1 aliphatic rings. The highest BCUT2D eigenvalue weighted by molar-refractivity contribution is 7.17. The summed E-state index contributed by atoms with van der Waals surface area (Å²) < 4.78 is 1.56. The van der Waals surface area contributed by atoms with Crippen molar-refractivity contribution in [1.29, 1.82) is 0 Å². The van der Waals surface area contributed by atoms with Crippen LogP contribution >= 0.6 is 11.3 Å².